The summed E-state index contributed by atoms with van der Waals surface area (Å²) < 4.78 is 39.4. The Morgan fingerprint density at radius 1 is 1.04 bits per heavy atom. The molecule has 1 unspecified atom stereocenters. The van der Waals surface area contributed by atoms with E-state index in [9.17, 15) is 12.6 Å². The lowest BCUT2D eigenvalue weighted by Gasteiger charge is -2.29. The smallest absolute Gasteiger partial charge is 0.264 e. The number of hydrogen-bond acceptors (Lipinski definition) is 3. The largest absolute Gasteiger partial charge is 0.264 e. The van der Waals surface area contributed by atoms with E-state index in [2.05, 4.69) is 13.8 Å². The van der Waals surface area contributed by atoms with Gasteiger partial charge in [-0.2, -0.15) is 0 Å². The topological polar surface area (TPSA) is 54.5 Å². The molecule has 4 nitrogen and oxygen atoms in total. The molecule has 3 rings (SSSR count). The highest BCUT2D eigenvalue weighted by atomic mass is 32.2. The van der Waals surface area contributed by atoms with Crippen LogP contribution in [0.5, 0.6) is 0 Å². The van der Waals surface area contributed by atoms with E-state index in [4.69, 9.17) is 0 Å². The van der Waals surface area contributed by atoms with Gasteiger partial charge in [-0.05, 0) is 35.7 Å². The minimum atomic E-state index is -3.64. The first kappa shape index (κ1) is 16.2. The molecule has 1 heterocycles. The van der Waals surface area contributed by atoms with Gasteiger partial charge in [-0.1, -0.05) is 38.1 Å². The Balaban J connectivity index is 2.04. The van der Waals surface area contributed by atoms with Gasteiger partial charge in [-0.15, -0.1) is 0 Å². The summed E-state index contributed by atoms with van der Waals surface area (Å²) in [5.41, 5.74) is 1.62. The molecular formula is C17H19NO3S2. The number of anilines is 1. The molecule has 0 fully saturated rings. The standard InChI is InChI=1S/C17H19NO3S2/c1-13(2)14-7-9-15(10-8-14)23(20,21)18-11-12-22(19)17-6-4-3-5-16(17)18/h3-10,13H,11-12H2,1-2H3. The number of rotatable bonds is 3. The zero-order chi connectivity index (χ0) is 16.6. The molecule has 1 aliphatic heterocycles. The fourth-order valence-corrected chi connectivity index (χ4v) is 5.52. The lowest BCUT2D eigenvalue weighted by molar-refractivity contribution is 0.591. The fourth-order valence-electron chi connectivity index (χ4n) is 2.65. The molecule has 1 aliphatic rings. The van der Waals surface area contributed by atoms with Gasteiger partial charge in [0.25, 0.3) is 10.0 Å². The molecule has 0 amide bonds. The highest BCUT2D eigenvalue weighted by molar-refractivity contribution is 7.93. The summed E-state index contributed by atoms with van der Waals surface area (Å²) in [4.78, 5) is 0.852. The van der Waals surface area contributed by atoms with Gasteiger partial charge in [-0.25, -0.2) is 8.42 Å². The molecule has 1 atom stereocenters. The second-order valence-corrected chi connectivity index (χ2v) is 9.22. The number of benzene rings is 2. The van der Waals surface area contributed by atoms with Crippen LogP contribution >= 0.6 is 0 Å². The molecule has 2 aromatic carbocycles. The van der Waals surface area contributed by atoms with Crippen LogP contribution in [0, 0.1) is 0 Å². The van der Waals surface area contributed by atoms with Crippen LogP contribution in [0.4, 0.5) is 5.69 Å². The van der Waals surface area contributed by atoms with E-state index in [0.717, 1.165) is 5.56 Å². The van der Waals surface area contributed by atoms with Crippen molar-refractivity contribution in [1.82, 2.24) is 0 Å². The third kappa shape index (κ3) is 2.93. The van der Waals surface area contributed by atoms with Gasteiger partial charge in [0.2, 0.25) is 0 Å². The molecule has 0 saturated carbocycles. The van der Waals surface area contributed by atoms with Crippen LogP contribution in [0.15, 0.2) is 58.3 Å². The molecule has 0 saturated heterocycles. The van der Waals surface area contributed by atoms with Crippen LogP contribution in [0.1, 0.15) is 25.3 Å². The Hall–Kier alpha value is -1.66. The first-order chi connectivity index (χ1) is 10.9. The molecule has 0 N–H and O–H groups in total. The van der Waals surface area contributed by atoms with E-state index in [0.29, 0.717) is 22.3 Å². The van der Waals surface area contributed by atoms with Gasteiger partial charge in [0.05, 0.1) is 26.3 Å². The Morgan fingerprint density at radius 2 is 1.70 bits per heavy atom. The molecular weight excluding hydrogens is 330 g/mol. The van der Waals surface area contributed by atoms with E-state index in [-0.39, 0.29) is 11.4 Å². The SMILES string of the molecule is CC(C)c1ccc(S(=O)(=O)N2CCS(=O)c3ccccc32)cc1. The quantitative estimate of drug-likeness (QED) is 0.855. The van der Waals surface area contributed by atoms with Crippen molar-refractivity contribution in [3.8, 4) is 0 Å². The highest BCUT2D eigenvalue weighted by Crippen LogP contribution is 2.32. The molecule has 0 aliphatic carbocycles. The van der Waals surface area contributed by atoms with Crippen LogP contribution in [-0.4, -0.2) is 24.9 Å². The van der Waals surface area contributed by atoms with Crippen LogP contribution in [0.25, 0.3) is 0 Å². The van der Waals surface area contributed by atoms with E-state index >= 15 is 0 Å². The summed E-state index contributed by atoms with van der Waals surface area (Å²) in [5, 5.41) is 0. The Labute approximate surface area is 139 Å². The summed E-state index contributed by atoms with van der Waals surface area (Å²) in [6.07, 6.45) is 0. The van der Waals surface area contributed by atoms with Crippen LogP contribution in [-0.2, 0) is 20.8 Å². The molecule has 23 heavy (non-hydrogen) atoms. The van der Waals surface area contributed by atoms with Crippen molar-refractivity contribution in [1.29, 1.82) is 0 Å². The lowest BCUT2D eigenvalue weighted by atomic mass is 10.0. The van der Waals surface area contributed by atoms with Gasteiger partial charge >= 0.3 is 0 Å². The van der Waals surface area contributed by atoms with E-state index < -0.39 is 20.8 Å². The van der Waals surface area contributed by atoms with Gasteiger partial charge in [0.1, 0.15) is 0 Å². The fraction of sp³-hybridized carbons (Fsp3) is 0.294. The maximum atomic E-state index is 13.0. The second kappa shape index (κ2) is 6.09. The maximum absolute atomic E-state index is 13.0. The van der Waals surface area contributed by atoms with Gasteiger partial charge < -0.3 is 0 Å². The van der Waals surface area contributed by atoms with Gasteiger partial charge in [0, 0.05) is 12.3 Å². The number of hydrogen-bond donors (Lipinski definition) is 0. The monoisotopic (exact) mass is 349 g/mol. The van der Waals surface area contributed by atoms with Gasteiger partial charge in [0.15, 0.2) is 0 Å². The molecule has 2 aromatic rings. The van der Waals surface area contributed by atoms with Crippen molar-refractivity contribution in [3.05, 3.63) is 54.1 Å². The number of nitrogens with zero attached hydrogens (tertiary/aromatic N) is 1. The summed E-state index contributed by atoms with van der Waals surface area (Å²) in [5.74, 6) is 0.672. The van der Waals surface area contributed by atoms with E-state index in [1.165, 1.54) is 4.31 Å². The molecule has 122 valence electrons. The average Bonchev–Trinajstić information content (AvgIpc) is 2.55. The predicted octanol–water partition coefficient (Wildman–Crippen LogP) is 3.13. The van der Waals surface area contributed by atoms with Crippen molar-refractivity contribution in [2.24, 2.45) is 0 Å². The first-order valence-electron chi connectivity index (χ1n) is 7.51. The first-order valence-corrected chi connectivity index (χ1v) is 10.3. The Morgan fingerprint density at radius 3 is 2.35 bits per heavy atom. The summed E-state index contributed by atoms with van der Waals surface area (Å²) in [6.45, 7) is 4.37. The summed E-state index contributed by atoms with van der Waals surface area (Å²) in [6, 6.07) is 14.0. The van der Waals surface area contributed by atoms with E-state index in [1.54, 1.807) is 36.4 Å². The van der Waals surface area contributed by atoms with Crippen LogP contribution < -0.4 is 4.31 Å². The van der Waals surface area contributed by atoms with Crippen molar-refractivity contribution in [3.63, 3.8) is 0 Å². The van der Waals surface area contributed by atoms with Crippen LogP contribution in [0.2, 0.25) is 0 Å². The molecule has 6 heteroatoms. The van der Waals surface area contributed by atoms with Gasteiger partial charge in [-0.3, -0.25) is 8.51 Å². The molecule has 0 bridgehead atoms. The predicted molar refractivity (Wildman–Crippen MR) is 92.8 cm³/mol. The third-order valence-corrected chi connectivity index (χ3v) is 7.21. The minimum Gasteiger partial charge on any atom is -0.264 e. The molecule has 0 spiro atoms. The zero-order valence-electron chi connectivity index (χ0n) is 13.1. The third-order valence-electron chi connectivity index (χ3n) is 3.99. The van der Waals surface area contributed by atoms with Crippen molar-refractivity contribution in [2.75, 3.05) is 16.6 Å². The van der Waals surface area contributed by atoms with Crippen molar-refractivity contribution < 1.29 is 12.6 Å². The summed E-state index contributed by atoms with van der Waals surface area (Å²) >= 11 is 0. The Bertz CT molecular complexity index is 842. The van der Waals surface area contributed by atoms with Crippen molar-refractivity contribution >= 4 is 26.5 Å². The van der Waals surface area contributed by atoms with Crippen molar-refractivity contribution in [2.45, 2.75) is 29.6 Å². The zero-order valence-corrected chi connectivity index (χ0v) is 14.7. The minimum absolute atomic E-state index is 0.234. The second-order valence-electron chi connectivity index (χ2n) is 5.82. The Kier molecular flexibility index (Phi) is 4.29. The summed E-state index contributed by atoms with van der Waals surface area (Å²) in [7, 11) is -4.79. The number of sulfonamides is 1. The lowest BCUT2D eigenvalue weighted by Crippen LogP contribution is -2.38. The highest BCUT2D eigenvalue weighted by Gasteiger charge is 2.31. The van der Waals surface area contributed by atoms with E-state index in [1.807, 2.05) is 12.1 Å². The normalized spacial score (nSPS) is 18.0. The number of fused-ring (bicyclic) bond motifs is 1. The maximum Gasteiger partial charge on any atom is 0.264 e. The average molecular weight is 349 g/mol. The number of para-hydroxylation sites is 1. The van der Waals surface area contributed by atoms with Crippen LogP contribution in [0.3, 0.4) is 0 Å². The molecule has 0 radical (unpaired) electrons. The molecule has 0 aromatic heterocycles.